The van der Waals surface area contributed by atoms with Gasteiger partial charge >= 0.3 is 0 Å². The fourth-order valence-corrected chi connectivity index (χ4v) is 2.60. The number of hydrogen-bond donors (Lipinski definition) is 2. The van der Waals surface area contributed by atoms with Gasteiger partial charge < -0.3 is 10.6 Å². The van der Waals surface area contributed by atoms with Crippen LogP contribution in [0.3, 0.4) is 0 Å². The van der Waals surface area contributed by atoms with Crippen molar-refractivity contribution >= 4 is 0 Å². The largest absolute Gasteiger partial charge is 0.319 e. The van der Waals surface area contributed by atoms with Crippen molar-refractivity contribution in [3.05, 3.63) is 30.1 Å². The van der Waals surface area contributed by atoms with Gasteiger partial charge in [0.15, 0.2) is 0 Å². The van der Waals surface area contributed by atoms with Gasteiger partial charge in [-0.15, -0.1) is 0 Å². The average molecular weight is 233 g/mol. The van der Waals surface area contributed by atoms with E-state index in [1.54, 1.807) is 0 Å². The highest BCUT2D eigenvalue weighted by atomic mass is 14.9. The van der Waals surface area contributed by atoms with Crippen molar-refractivity contribution in [3.8, 4) is 0 Å². The van der Waals surface area contributed by atoms with Crippen LogP contribution in [-0.2, 0) is 6.42 Å². The molecular formula is C14H23N3. The summed E-state index contributed by atoms with van der Waals surface area (Å²) in [5.41, 5.74) is 1.85. The summed E-state index contributed by atoms with van der Waals surface area (Å²) in [4.78, 5) is 4.13. The third kappa shape index (κ3) is 3.51. The second-order valence-electron chi connectivity index (χ2n) is 5.17. The number of nitrogens with one attached hydrogen (secondary N) is 2. The zero-order valence-corrected chi connectivity index (χ0v) is 10.7. The zero-order valence-electron chi connectivity index (χ0n) is 10.7. The molecule has 0 bridgehead atoms. The normalized spacial score (nSPS) is 17.7. The van der Waals surface area contributed by atoms with Gasteiger partial charge in [0, 0.05) is 25.5 Å². The van der Waals surface area contributed by atoms with E-state index in [4.69, 9.17) is 0 Å². The number of pyridine rings is 1. The SMILES string of the molecule is CNCC1(CNCCc2cccnc2)CCC1. The van der Waals surface area contributed by atoms with E-state index in [2.05, 4.69) is 28.7 Å². The molecule has 94 valence electrons. The van der Waals surface area contributed by atoms with E-state index in [9.17, 15) is 0 Å². The Bertz CT molecular complexity index is 319. The topological polar surface area (TPSA) is 37.0 Å². The molecule has 1 fully saturated rings. The molecule has 0 aromatic carbocycles. The van der Waals surface area contributed by atoms with Crippen LogP contribution < -0.4 is 10.6 Å². The Kier molecular flexibility index (Phi) is 4.51. The van der Waals surface area contributed by atoms with Crippen LogP contribution in [0.15, 0.2) is 24.5 Å². The van der Waals surface area contributed by atoms with Gasteiger partial charge in [-0.3, -0.25) is 4.98 Å². The highest BCUT2D eigenvalue weighted by molar-refractivity contribution is 5.08. The zero-order chi connectivity index (χ0) is 12.0. The van der Waals surface area contributed by atoms with E-state index in [1.807, 2.05) is 18.5 Å². The van der Waals surface area contributed by atoms with Gasteiger partial charge in [0.1, 0.15) is 0 Å². The van der Waals surface area contributed by atoms with Crippen molar-refractivity contribution in [3.63, 3.8) is 0 Å². The number of aromatic nitrogens is 1. The Labute approximate surface area is 104 Å². The minimum atomic E-state index is 0.531. The third-order valence-electron chi connectivity index (χ3n) is 3.78. The average Bonchev–Trinajstić information content (AvgIpc) is 2.32. The highest BCUT2D eigenvalue weighted by Gasteiger charge is 2.35. The van der Waals surface area contributed by atoms with Gasteiger partial charge in [-0.05, 0) is 49.9 Å². The Hall–Kier alpha value is -0.930. The summed E-state index contributed by atoms with van der Waals surface area (Å²) in [6.07, 6.45) is 8.98. The molecule has 0 radical (unpaired) electrons. The molecule has 0 saturated heterocycles. The molecule has 0 aliphatic heterocycles. The number of nitrogens with zero attached hydrogens (tertiary/aromatic N) is 1. The minimum Gasteiger partial charge on any atom is -0.319 e. The summed E-state index contributed by atoms with van der Waals surface area (Å²) in [6.45, 7) is 3.35. The van der Waals surface area contributed by atoms with Crippen molar-refractivity contribution in [1.82, 2.24) is 15.6 Å². The fraction of sp³-hybridized carbons (Fsp3) is 0.643. The molecular weight excluding hydrogens is 210 g/mol. The lowest BCUT2D eigenvalue weighted by molar-refractivity contribution is 0.131. The van der Waals surface area contributed by atoms with E-state index in [0.29, 0.717) is 5.41 Å². The second-order valence-corrected chi connectivity index (χ2v) is 5.17. The van der Waals surface area contributed by atoms with E-state index < -0.39 is 0 Å². The molecule has 1 saturated carbocycles. The molecule has 2 rings (SSSR count). The second kappa shape index (κ2) is 6.12. The van der Waals surface area contributed by atoms with Gasteiger partial charge in [-0.1, -0.05) is 12.5 Å². The molecule has 0 spiro atoms. The van der Waals surface area contributed by atoms with Crippen LogP contribution in [0.1, 0.15) is 24.8 Å². The summed E-state index contributed by atoms with van der Waals surface area (Å²) >= 11 is 0. The maximum absolute atomic E-state index is 4.13. The maximum atomic E-state index is 4.13. The van der Waals surface area contributed by atoms with Crippen LogP contribution in [0.25, 0.3) is 0 Å². The van der Waals surface area contributed by atoms with E-state index in [1.165, 1.54) is 24.8 Å². The molecule has 0 unspecified atom stereocenters. The monoisotopic (exact) mass is 233 g/mol. The highest BCUT2D eigenvalue weighted by Crippen LogP contribution is 2.39. The lowest BCUT2D eigenvalue weighted by Gasteiger charge is -2.42. The molecule has 0 atom stereocenters. The Morgan fingerprint density at radius 1 is 1.35 bits per heavy atom. The Morgan fingerprint density at radius 3 is 2.82 bits per heavy atom. The first-order valence-electron chi connectivity index (χ1n) is 6.59. The molecule has 1 aliphatic carbocycles. The van der Waals surface area contributed by atoms with Crippen LogP contribution in [0.4, 0.5) is 0 Å². The fourth-order valence-electron chi connectivity index (χ4n) is 2.60. The predicted octanol–water partition coefficient (Wildman–Crippen LogP) is 1.60. The lowest BCUT2D eigenvalue weighted by Crippen LogP contribution is -2.46. The maximum Gasteiger partial charge on any atom is 0.0300 e. The summed E-state index contributed by atoms with van der Waals surface area (Å²) < 4.78 is 0. The van der Waals surface area contributed by atoms with Crippen LogP contribution >= 0.6 is 0 Å². The van der Waals surface area contributed by atoms with Crippen LogP contribution in [0.2, 0.25) is 0 Å². The molecule has 17 heavy (non-hydrogen) atoms. The van der Waals surface area contributed by atoms with Gasteiger partial charge in [0.25, 0.3) is 0 Å². The van der Waals surface area contributed by atoms with Crippen molar-refractivity contribution in [2.45, 2.75) is 25.7 Å². The van der Waals surface area contributed by atoms with Crippen LogP contribution in [-0.4, -0.2) is 31.7 Å². The summed E-state index contributed by atoms with van der Waals surface area (Å²) in [5, 5.41) is 6.91. The smallest absolute Gasteiger partial charge is 0.0300 e. The minimum absolute atomic E-state index is 0.531. The quantitative estimate of drug-likeness (QED) is 0.703. The summed E-state index contributed by atoms with van der Waals surface area (Å²) in [5.74, 6) is 0. The first kappa shape index (κ1) is 12.5. The molecule has 1 aliphatic rings. The van der Waals surface area contributed by atoms with Gasteiger partial charge in [0.05, 0.1) is 0 Å². The molecule has 0 amide bonds. The van der Waals surface area contributed by atoms with Crippen LogP contribution in [0, 0.1) is 5.41 Å². The molecule has 1 heterocycles. The lowest BCUT2D eigenvalue weighted by atomic mass is 9.68. The molecule has 3 heteroatoms. The van der Waals surface area contributed by atoms with E-state index >= 15 is 0 Å². The van der Waals surface area contributed by atoms with Gasteiger partial charge in [-0.2, -0.15) is 0 Å². The molecule has 2 N–H and O–H groups in total. The number of rotatable bonds is 7. The third-order valence-corrected chi connectivity index (χ3v) is 3.78. The standard InChI is InChI=1S/C14H23N3/c1-15-11-14(6-3-7-14)12-17-9-5-13-4-2-8-16-10-13/h2,4,8,10,15,17H,3,5-7,9,11-12H2,1H3. The van der Waals surface area contributed by atoms with Gasteiger partial charge in [-0.25, -0.2) is 0 Å². The Balaban J connectivity index is 1.66. The van der Waals surface area contributed by atoms with Crippen LogP contribution in [0.5, 0.6) is 0 Å². The van der Waals surface area contributed by atoms with E-state index in [0.717, 1.165) is 26.1 Å². The van der Waals surface area contributed by atoms with E-state index in [-0.39, 0.29) is 0 Å². The van der Waals surface area contributed by atoms with Crippen molar-refractivity contribution in [2.24, 2.45) is 5.41 Å². The first-order valence-corrected chi connectivity index (χ1v) is 6.59. The van der Waals surface area contributed by atoms with Gasteiger partial charge in [0.2, 0.25) is 0 Å². The molecule has 1 aromatic rings. The van der Waals surface area contributed by atoms with Crippen molar-refractivity contribution < 1.29 is 0 Å². The molecule has 1 aromatic heterocycles. The van der Waals surface area contributed by atoms with Crippen molar-refractivity contribution in [2.75, 3.05) is 26.7 Å². The predicted molar refractivity (Wildman–Crippen MR) is 71.0 cm³/mol. The Morgan fingerprint density at radius 2 is 2.24 bits per heavy atom. The summed E-state index contributed by atoms with van der Waals surface area (Å²) in [7, 11) is 2.05. The summed E-state index contributed by atoms with van der Waals surface area (Å²) in [6, 6.07) is 4.14. The molecule has 3 nitrogen and oxygen atoms in total. The van der Waals surface area contributed by atoms with Crippen molar-refractivity contribution in [1.29, 1.82) is 0 Å². The number of hydrogen-bond acceptors (Lipinski definition) is 3. The first-order chi connectivity index (χ1) is 8.35.